The lowest BCUT2D eigenvalue weighted by Crippen LogP contribution is -2.19. The van der Waals surface area contributed by atoms with Gasteiger partial charge in [0, 0.05) is 23.8 Å². The average Bonchev–Trinajstić information content (AvgIpc) is 2.94. The molecular formula is C21H25N3O. The molecule has 1 heterocycles. The Bertz CT molecular complexity index is 840. The van der Waals surface area contributed by atoms with E-state index < -0.39 is 0 Å². The second-order valence-electron chi connectivity index (χ2n) is 6.28. The summed E-state index contributed by atoms with van der Waals surface area (Å²) in [4.78, 5) is 0. The van der Waals surface area contributed by atoms with E-state index in [1.54, 1.807) is 7.11 Å². The molecular weight excluding hydrogens is 310 g/mol. The number of benzene rings is 2. The molecule has 3 aromatic rings. The van der Waals surface area contributed by atoms with Crippen molar-refractivity contribution in [3.05, 3.63) is 77.1 Å². The summed E-state index contributed by atoms with van der Waals surface area (Å²) in [6.45, 7) is 7.14. The summed E-state index contributed by atoms with van der Waals surface area (Å²) in [5.41, 5.74) is 5.79. The van der Waals surface area contributed by atoms with Crippen molar-refractivity contribution < 1.29 is 4.74 Å². The third-order valence-electron chi connectivity index (χ3n) is 4.62. The van der Waals surface area contributed by atoms with E-state index in [0.29, 0.717) is 0 Å². The fourth-order valence-electron chi connectivity index (χ4n) is 3.04. The van der Waals surface area contributed by atoms with E-state index in [9.17, 15) is 0 Å². The van der Waals surface area contributed by atoms with Crippen LogP contribution in [0.3, 0.4) is 0 Å². The van der Waals surface area contributed by atoms with Crippen LogP contribution in [0.25, 0.3) is 5.69 Å². The maximum absolute atomic E-state index is 5.32. The zero-order valence-corrected chi connectivity index (χ0v) is 15.3. The maximum atomic E-state index is 5.32. The van der Waals surface area contributed by atoms with Gasteiger partial charge in [0.05, 0.1) is 18.5 Å². The molecule has 0 aliphatic rings. The monoisotopic (exact) mass is 335 g/mol. The van der Waals surface area contributed by atoms with Gasteiger partial charge >= 0.3 is 0 Å². The van der Waals surface area contributed by atoms with Crippen molar-refractivity contribution in [2.24, 2.45) is 0 Å². The maximum Gasteiger partial charge on any atom is 0.119 e. The van der Waals surface area contributed by atoms with Crippen molar-refractivity contribution in [1.82, 2.24) is 15.1 Å². The van der Waals surface area contributed by atoms with Gasteiger partial charge in [-0.25, -0.2) is 4.68 Å². The highest BCUT2D eigenvalue weighted by Gasteiger charge is 2.14. The molecule has 1 aromatic heterocycles. The molecule has 130 valence electrons. The molecule has 3 rings (SSSR count). The molecule has 0 fully saturated rings. The minimum atomic E-state index is 0.231. The summed E-state index contributed by atoms with van der Waals surface area (Å²) in [6, 6.07) is 18.7. The minimum absolute atomic E-state index is 0.231. The first-order valence-electron chi connectivity index (χ1n) is 8.58. The lowest BCUT2D eigenvalue weighted by atomic mass is 10.1. The van der Waals surface area contributed by atoms with Crippen molar-refractivity contribution in [2.45, 2.75) is 33.4 Å². The number of nitrogens with one attached hydrogen (secondary N) is 1. The van der Waals surface area contributed by atoms with Gasteiger partial charge in [-0.15, -0.1) is 0 Å². The van der Waals surface area contributed by atoms with E-state index in [1.807, 2.05) is 35.0 Å². The molecule has 4 heteroatoms. The van der Waals surface area contributed by atoms with Gasteiger partial charge < -0.3 is 10.1 Å². The molecule has 0 aliphatic heterocycles. The average molecular weight is 335 g/mol. The van der Waals surface area contributed by atoms with Gasteiger partial charge in [-0.1, -0.05) is 30.3 Å². The van der Waals surface area contributed by atoms with Crippen molar-refractivity contribution in [3.63, 3.8) is 0 Å². The Labute approximate surface area is 149 Å². The second-order valence-corrected chi connectivity index (χ2v) is 6.28. The Morgan fingerprint density at radius 3 is 2.56 bits per heavy atom. The lowest BCUT2D eigenvalue weighted by molar-refractivity contribution is 0.413. The summed E-state index contributed by atoms with van der Waals surface area (Å²) in [7, 11) is 1.70. The molecule has 0 spiro atoms. The molecule has 25 heavy (non-hydrogen) atoms. The SMILES string of the molecule is COc1cccc([C@@H](C)NCc2c(C)nn(-c3ccccc3)c2C)c1. The predicted octanol–water partition coefficient (Wildman–Crippen LogP) is 4.35. The highest BCUT2D eigenvalue weighted by molar-refractivity contribution is 5.37. The van der Waals surface area contributed by atoms with Crippen LogP contribution in [0.5, 0.6) is 5.75 Å². The minimum Gasteiger partial charge on any atom is -0.497 e. The fourth-order valence-corrected chi connectivity index (χ4v) is 3.04. The highest BCUT2D eigenvalue weighted by Crippen LogP contribution is 2.21. The van der Waals surface area contributed by atoms with E-state index in [-0.39, 0.29) is 6.04 Å². The summed E-state index contributed by atoms with van der Waals surface area (Å²) in [5, 5.41) is 8.32. The molecule has 0 saturated carbocycles. The molecule has 1 atom stereocenters. The van der Waals surface area contributed by atoms with Crippen LogP contribution in [-0.2, 0) is 6.54 Å². The number of methoxy groups -OCH3 is 1. The largest absolute Gasteiger partial charge is 0.497 e. The zero-order chi connectivity index (χ0) is 17.8. The van der Waals surface area contributed by atoms with Crippen LogP contribution >= 0.6 is 0 Å². The molecule has 0 amide bonds. The predicted molar refractivity (Wildman–Crippen MR) is 101 cm³/mol. The first kappa shape index (κ1) is 17.2. The molecule has 0 saturated heterocycles. The van der Waals surface area contributed by atoms with Gasteiger partial charge in [0.25, 0.3) is 0 Å². The van der Waals surface area contributed by atoms with Crippen LogP contribution in [0.4, 0.5) is 0 Å². The van der Waals surface area contributed by atoms with Crippen molar-refractivity contribution in [3.8, 4) is 11.4 Å². The standard InChI is InChI=1S/C21H25N3O/c1-15(18-9-8-12-20(13-18)25-4)22-14-21-16(2)23-24(17(21)3)19-10-6-5-7-11-19/h5-13,15,22H,14H2,1-4H3/t15-/m1/s1. The first-order chi connectivity index (χ1) is 12.1. The van der Waals surface area contributed by atoms with Crippen molar-refractivity contribution in [1.29, 1.82) is 0 Å². The van der Waals surface area contributed by atoms with Crippen molar-refractivity contribution >= 4 is 0 Å². The molecule has 0 radical (unpaired) electrons. The smallest absolute Gasteiger partial charge is 0.119 e. The Balaban J connectivity index is 1.76. The Hall–Kier alpha value is -2.59. The number of hydrogen-bond donors (Lipinski definition) is 1. The quantitative estimate of drug-likeness (QED) is 0.728. The highest BCUT2D eigenvalue weighted by atomic mass is 16.5. The van der Waals surface area contributed by atoms with Gasteiger partial charge in [0.1, 0.15) is 5.75 Å². The van der Waals surface area contributed by atoms with Crippen LogP contribution in [-0.4, -0.2) is 16.9 Å². The summed E-state index contributed by atoms with van der Waals surface area (Å²) >= 11 is 0. The number of aryl methyl sites for hydroxylation is 1. The molecule has 0 bridgehead atoms. The zero-order valence-electron chi connectivity index (χ0n) is 15.3. The van der Waals surface area contributed by atoms with E-state index in [0.717, 1.165) is 23.7 Å². The summed E-state index contributed by atoms with van der Waals surface area (Å²) in [5.74, 6) is 0.885. The number of aromatic nitrogens is 2. The normalized spacial score (nSPS) is 12.2. The first-order valence-corrected chi connectivity index (χ1v) is 8.58. The number of nitrogens with zero attached hydrogens (tertiary/aromatic N) is 2. The van der Waals surface area contributed by atoms with Crippen LogP contribution in [0.1, 0.15) is 35.5 Å². The van der Waals surface area contributed by atoms with Crippen LogP contribution < -0.4 is 10.1 Å². The van der Waals surface area contributed by atoms with E-state index >= 15 is 0 Å². The van der Waals surface area contributed by atoms with Crippen molar-refractivity contribution in [2.75, 3.05) is 7.11 Å². The molecule has 1 N–H and O–H groups in total. The number of ether oxygens (including phenoxy) is 1. The number of rotatable bonds is 6. The molecule has 2 aromatic carbocycles. The van der Waals surface area contributed by atoms with E-state index in [4.69, 9.17) is 9.84 Å². The third-order valence-corrected chi connectivity index (χ3v) is 4.62. The van der Waals surface area contributed by atoms with Gasteiger partial charge in [-0.3, -0.25) is 0 Å². The third kappa shape index (κ3) is 3.74. The van der Waals surface area contributed by atoms with Gasteiger partial charge in [0.2, 0.25) is 0 Å². The van der Waals surface area contributed by atoms with Crippen LogP contribution in [0, 0.1) is 13.8 Å². The van der Waals surface area contributed by atoms with E-state index in [2.05, 4.69) is 50.4 Å². The fraction of sp³-hybridized carbons (Fsp3) is 0.286. The summed E-state index contributed by atoms with van der Waals surface area (Å²) in [6.07, 6.45) is 0. The van der Waals surface area contributed by atoms with E-state index in [1.165, 1.54) is 16.8 Å². The molecule has 0 aliphatic carbocycles. The van der Waals surface area contributed by atoms with Gasteiger partial charge in [0.15, 0.2) is 0 Å². The number of hydrogen-bond acceptors (Lipinski definition) is 3. The number of para-hydroxylation sites is 1. The Kier molecular flexibility index (Phi) is 5.19. The van der Waals surface area contributed by atoms with Gasteiger partial charge in [-0.05, 0) is 50.6 Å². The molecule has 4 nitrogen and oxygen atoms in total. The van der Waals surface area contributed by atoms with Crippen LogP contribution in [0.15, 0.2) is 54.6 Å². The molecule has 0 unspecified atom stereocenters. The lowest BCUT2D eigenvalue weighted by Gasteiger charge is -2.15. The Morgan fingerprint density at radius 1 is 1.08 bits per heavy atom. The summed E-state index contributed by atoms with van der Waals surface area (Å²) < 4.78 is 7.33. The van der Waals surface area contributed by atoms with Gasteiger partial charge in [-0.2, -0.15) is 5.10 Å². The topological polar surface area (TPSA) is 39.1 Å². The van der Waals surface area contributed by atoms with Crippen LogP contribution in [0.2, 0.25) is 0 Å². The Morgan fingerprint density at radius 2 is 1.84 bits per heavy atom. The second kappa shape index (κ2) is 7.53.